The summed E-state index contributed by atoms with van der Waals surface area (Å²) < 4.78 is 0. The monoisotopic (exact) mass is 206 g/mol. The van der Waals surface area contributed by atoms with E-state index < -0.39 is 5.60 Å². The maximum Gasteiger partial charge on any atom is 0.0928 e. The number of nitrogens with two attached hydrogens (primary N) is 1. The first-order valence-corrected chi connectivity index (χ1v) is 5.51. The van der Waals surface area contributed by atoms with Gasteiger partial charge in [-0.05, 0) is 44.2 Å². The Labute approximate surface area is 90.3 Å². The second-order valence-corrected chi connectivity index (χ2v) is 4.58. The van der Waals surface area contributed by atoms with Gasteiger partial charge in [0, 0.05) is 24.0 Å². The normalized spacial score (nSPS) is 31.5. The quantitative estimate of drug-likeness (QED) is 0.731. The van der Waals surface area contributed by atoms with Gasteiger partial charge in [0.2, 0.25) is 0 Å². The molecule has 0 radical (unpaired) electrons. The maximum absolute atomic E-state index is 10.6. The predicted octanol–water partition coefficient (Wildman–Crippen LogP) is 1.48. The molecule has 1 heterocycles. The molecule has 1 aliphatic rings. The molecule has 0 spiro atoms. The molecule has 0 aliphatic heterocycles. The summed E-state index contributed by atoms with van der Waals surface area (Å²) in [7, 11) is 0. The summed E-state index contributed by atoms with van der Waals surface area (Å²) in [5.41, 5.74) is 7.21. The topological polar surface area (TPSA) is 59.1 Å². The molecule has 0 amide bonds. The van der Waals surface area contributed by atoms with E-state index in [-0.39, 0.29) is 6.04 Å². The molecule has 82 valence electrons. The lowest BCUT2D eigenvalue weighted by atomic mass is 9.77. The molecule has 3 N–H and O–H groups in total. The lowest BCUT2D eigenvalue weighted by molar-refractivity contribution is -0.00798. The van der Waals surface area contributed by atoms with E-state index in [4.69, 9.17) is 5.73 Å². The van der Waals surface area contributed by atoms with Gasteiger partial charge in [0.1, 0.15) is 0 Å². The molecule has 15 heavy (non-hydrogen) atoms. The lowest BCUT2D eigenvalue weighted by Crippen LogP contribution is -2.39. The number of aromatic nitrogens is 1. The minimum Gasteiger partial charge on any atom is -0.385 e. The number of hydrogen-bond donors (Lipinski definition) is 2. The fraction of sp³-hybridized carbons (Fsp3) is 0.583. The largest absolute Gasteiger partial charge is 0.385 e. The lowest BCUT2D eigenvalue weighted by Gasteiger charge is -2.36. The summed E-state index contributed by atoms with van der Waals surface area (Å²) in [6.07, 6.45) is 6.98. The van der Waals surface area contributed by atoms with Crippen molar-refractivity contribution >= 4 is 0 Å². The molecule has 1 saturated carbocycles. The third-order valence-corrected chi connectivity index (χ3v) is 3.31. The number of aliphatic hydroxyl groups is 1. The van der Waals surface area contributed by atoms with E-state index in [1.165, 1.54) is 0 Å². The van der Waals surface area contributed by atoms with Crippen molar-refractivity contribution in [3.63, 3.8) is 0 Å². The molecule has 1 aliphatic carbocycles. The Hall–Kier alpha value is -0.930. The van der Waals surface area contributed by atoms with E-state index in [1.54, 1.807) is 12.4 Å². The number of pyridine rings is 1. The van der Waals surface area contributed by atoms with E-state index in [0.717, 1.165) is 30.4 Å². The Morgan fingerprint density at radius 3 is 3.07 bits per heavy atom. The van der Waals surface area contributed by atoms with Crippen molar-refractivity contribution in [1.29, 1.82) is 0 Å². The summed E-state index contributed by atoms with van der Waals surface area (Å²) in [5.74, 6) is 0. The SMILES string of the molecule is Cc1ccncc1C1(O)CCCC(N)C1. The summed E-state index contributed by atoms with van der Waals surface area (Å²) in [6, 6.07) is 2.05. The molecule has 2 rings (SSSR count). The molecule has 1 aromatic heterocycles. The highest BCUT2D eigenvalue weighted by Gasteiger charge is 2.35. The molecule has 0 aromatic carbocycles. The third-order valence-electron chi connectivity index (χ3n) is 3.31. The van der Waals surface area contributed by atoms with Crippen molar-refractivity contribution in [3.05, 3.63) is 29.6 Å². The first-order valence-electron chi connectivity index (χ1n) is 5.51. The van der Waals surface area contributed by atoms with Crippen LogP contribution in [0.1, 0.15) is 36.8 Å². The van der Waals surface area contributed by atoms with Crippen LogP contribution in [-0.4, -0.2) is 16.1 Å². The van der Waals surface area contributed by atoms with Crippen LogP contribution >= 0.6 is 0 Å². The highest BCUT2D eigenvalue weighted by atomic mass is 16.3. The Kier molecular flexibility index (Phi) is 2.76. The van der Waals surface area contributed by atoms with Gasteiger partial charge in [0.15, 0.2) is 0 Å². The summed E-state index contributed by atoms with van der Waals surface area (Å²) in [6.45, 7) is 2.01. The highest BCUT2D eigenvalue weighted by Crippen LogP contribution is 2.37. The maximum atomic E-state index is 10.6. The van der Waals surface area contributed by atoms with Crippen molar-refractivity contribution in [2.75, 3.05) is 0 Å². The molecule has 1 fully saturated rings. The Balaban J connectivity index is 2.32. The standard InChI is InChI=1S/C12H18N2O/c1-9-4-6-14-8-11(9)12(15)5-2-3-10(13)7-12/h4,6,8,10,15H,2-3,5,7,13H2,1H3. The number of nitrogens with zero attached hydrogens (tertiary/aromatic N) is 1. The molecule has 3 nitrogen and oxygen atoms in total. The van der Waals surface area contributed by atoms with Crippen LogP contribution in [0.3, 0.4) is 0 Å². The van der Waals surface area contributed by atoms with Crippen LogP contribution < -0.4 is 5.73 Å². The molecule has 3 heteroatoms. The van der Waals surface area contributed by atoms with Crippen LogP contribution in [0.2, 0.25) is 0 Å². The van der Waals surface area contributed by atoms with Gasteiger partial charge in [-0.2, -0.15) is 0 Å². The van der Waals surface area contributed by atoms with Crippen LogP contribution in [0, 0.1) is 6.92 Å². The van der Waals surface area contributed by atoms with Crippen molar-refractivity contribution in [2.45, 2.75) is 44.2 Å². The minimum absolute atomic E-state index is 0.114. The molecule has 1 aromatic rings. The first-order chi connectivity index (χ1) is 7.12. The number of hydrogen-bond acceptors (Lipinski definition) is 3. The molecule has 0 bridgehead atoms. The van der Waals surface area contributed by atoms with Crippen molar-refractivity contribution in [1.82, 2.24) is 4.98 Å². The molecule has 2 unspecified atom stereocenters. The molecule has 0 saturated heterocycles. The Morgan fingerprint density at radius 2 is 2.40 bits per heavy atom. The fourth-order valence-corrected chi connectivity index (χ4v) is 2.49. The van der Waals surface area contributed by atoms with Crippen molar-refractivity contribution in [2.24, 2.45) is 5.73 Å². The van der Waals surface area contributed by atoms with E-state index in [9.17, 15) is 5.11 Å². The number of aryl methyl sites for hydroxylation is 1. The molecular formula is C12H18N2O. The number of rotatable bonds is 1. The Morgan fingerprint density at radius 1 is 1.60 bits per heavy atom. The predicted molar refractivity (Wildman–Crippen MR) is 59.3 cm³/mol. The zero-order valence-corrected chi connectivity index (χ0v) is 9.11. The molecule has 2 atom stereocenters. The van der Waals surface area contributed by atoms with Crippen LogP contribution in [0.25, 0.3) is 0 Å². The highest BCUT2D eigenvalue weighted by molar-refractivity contribution is 5.28. The average molecular weight is 206 g/mol. The summed E-state index contributed by atoms with van der Waals surface area (Å²) >= 11 is 0. The minimum atomic E-state index is -0.754. The van der Waals surface area contributed by atoms with Gasteiger partial charge in [-0.1, -0.05) is 0 Å². The van der Waals surface area contributed by atoms with Gasteiger partial charge < -0.3 is 10.8 Å². The van der Waals surface area contributed by atoms with Crippen LogP contribution in [0.4, 0.5) is 0 Å². The zero-order chi connectivity index (χ0) is 10.9. The smallest absolute Gasteiger partial charge is 0.0928 e. The van der Waals surface area contributed by atoms with Crippen molar-refractivity contribution < 1.29 is 5.11 Å². The van der Waals surface area contributed by atoms with Crippen LogP contribution in [-0.2, 0) is 5.60 Å². The van der Waals surface area contributed by atoms with E-state index in [0.29, 0.717) is 6.42 Å². The Bertz CT molecular complexity index is 353. The van der Waals surface area contributed by atoms with Gasteiger partial charge in [0.25, 0.3) is 0 Å². The van der Waals surface area contributed by atoms with Crippen LogP contribution in [0.15, 0.2) is 18.5 Å². The molecular weight excluding hydrogens is 188 g/mol. The second-order valence-electron chi connectivity index (χ2n) is 4.58. The van der Waals surface area contributed by atoms with Gasteiger partial charge in [-0.15, -0.1) is 0 Å². The van der Waals surface area contributed by atoms with Gasteiger partial charge in [0.05, 0.1) is 5.60 Å². The van der Waals surface area contributed by atoms with Gasteiger partial charge in [-0.25, -0.2) is 0 Å². The van der Waals surface area contributed by atoms with Crippen LogP contribution in [0.5, 0.6) is 0 Å². The summed E-state index contributed by atoms with van der Waals surface area (Å²) in [4.78, 5) is 4.09. The van der Waals surface area contributed by atoms with Crippen molar-refractivity contribution in [3.8, 4) is 0 Å². The summed E-state index contributed by atoms with van der Waals surface area (Å²) in [5, 5.41) is 10.6. The third kappa shape index (κ3) is 2.03. The van der Waals surface area contributed by atoms with Gasteiger partial charge in [-0.3, -0.25) is 4.98 Å². The second kappa shape index (κ2) is 3.91. The average Bonchev–Trinajstić information content (AvgIpc) is 2.17. The van der Waals surface area contributed by atoms with E-state index in [2.05, 4.69) is 4.98 Å². The fourth-order valence-electron chi connectivity index (χ4n) is 2.49. The van der Waals surface area contributed by atoms with E-state index in [1.807, 2.05) is 13.0 Å². The van der Waals surface area contributed by atoms with E-state index >= 15 is 0 Å². The zero-order valence-electron chi connectivity index (χ0n) is 9.11. The first kappa shape index (κ1) is 10.6. The van der Waals surface area contributed by atoms with Gasteiger partial charge >= 0.3 is 0 Å².